The molecule has 0 aliphatic carbocycles. The zero-order valence-electron chi connectivity index (χ0n) is 15.6. The van der Waals surface area contributed by atoms with Gasteiger partial charge in [-0.2, -0.15) is 0 Å². The van der Waals surface area contributed by atoms with Gasteiger partial charge in [0.1, 0.15) is 0 Å². The first-order valence-electron chi connectivity index (χ1n) is 9.13. The van der Waals surface area contributed by atoms with E-state index < -0.39 is 12.4 Å². The van der Waals surface area contributed by atoms with Gasteiger partial charge in [0.25, 0.3) is 0 Å². The van der Waals surface area contributed by atoms with Gasteiger partial charge in [-0.25, -0.2) is 18.6 Å². The molecule has 1 amide bonds. The molecule has 0 saturated carbocycles. The molecule has 0 radical (unpaired) electrons. The molecule has 3 rings (SSSR count). The van der Waals surface area contributed by atoms with Crippen molar-refractivity contribution in [1.29, 1.82) is 0 Å². The van der Waals surface area contributed by atoms with Gasteiger partial charge in [-0.3, -0.25) is 9.69 Å². The summed E-state index contributed by atoms with van der Waals surface area (Å²) in [6, 6.07) is 8.05. The monoisotopic (exact) mass is 405 g/mol. The smallest absolute Gasteiger partial charge is 0.356 e. The van der Waals surface area contributed by atoms with Crippen LogP contribution in [-0.2, 0) is 16.0 Å². The van der Waals surface area contributed by atoms with Crippen LogP contribution in [0, 0.1) is 0 Å². The number of nitrogens with one attached hydrogen (secondary N) is 1. The summed E-state index contributed by atoms with van der Waals surface area (Å²) in [5, 5.41) is 12.0. The SMILES string of the molecule is O=C(CN1CCOCC1)Nc1cc(-c2cccc(CC(F)F)c2)cnc1C(=O)O. The molecule has 154 valence electrons. The maximum Gasteiger partial charge on any atom is 0.356 e. The Morgan fingerprint density at radius 3 is 2.66 bits per heavy atom. The Morgan fingerprint density at radius 1 is 1.21 bits per heavy atom. The van der Waals surface area contributed by atoms with Crippen LogP contribution in [0.4, 0.5) is 14.5 Å². The van der Waals surface area contributed by atoms with Crippen LogP contribution in [0.15, 0.2) is 36.5 Å². The molecule has 1 fully saturated rings. The van der Waals surface area contributed by atoms with Crippen molar-refractivity contribution in [3.8, 4) is 11.1 Å². The number of hydrogen-bond acceptors (Lipinski definition) is 5. The highest BCUT2D eigenvalue weighted by molar-refractivity contribution is 6.00. The number of aromatic nitrogens is 1. The van der Waals surface area contributed by atoms with Crippen LogP contribution >= 0.6 is 0 Å². The second-order valence-corrected chi connectivity index (χ2v) is 6.66. The van der Waals surface area contributed by atoms with E-state index in [1.165, 1.54) is 12.3 Å². The lowest BCUT2D eigenvalue weighted by atomic mass is 10.0. The fourth-order valence-corrected chi connectivity index (χ4v) is 3.10. The second-order valence-electron chi connectivity index (χ2n) is 6.66. The van der Waals surface area contributed by atoms with E-state index in [1.807, 2.05) is 4.90 Å². The summed E-state index contributed by atoms with van der Waals surface area (Å²) in [4.78, 5) is 29.7. The average Bonchev–Trinajstić information content (AvgIpc) is 2.68. The number of anilines is 1. The molecule has 29 heavy (non-hydrogen) atoms. The molecule has 7 nitrogen and oxygen atoms in total. The highest BCUT2D eigenvalue weighted by Crippen LogP contribution is 2.25. The summed E-state index contributed by atoms with van der Waals surface area (Å²) >= 11 is 0. The molecule has 0 spiro atoms. The van der Waals surface area contributed by atoms with E-state index in [0.29, 0.717) is 43.0 Å². The van der Waals surface area contributed by atoms with Gasteiger partial charge in [0, 0.05) is 31.3 Å². The Kier molecular flexibility index (Phi) is 6.84. The van der Waals surface area contributed by atoms with Crippen LogP contribution in [0.1, 0.15) is 16.1 Å². The van der Waals surface area contributed by atoms with Crippen LogP contribution in [0.3, 0.4) is 0 Å². The number of benzene rings is 1. The Balaban J connectivity index is 1.82. The van der Waals surface area contributed by atoms with Crippen LogP contribution in [-0.4, -0.2) is 66.1 Å². The van der Waals surface area contributed by atoms with Gasteiger partial charge >= 0.3 is 5.97 Å². The van der Waals surface area contributed by atoms with Crippen molar-refractivity contribution in [2.75, 3.05) is 38.2 Å². The normalized spacial score (nSPS) is 14.7. The van der Waals surface area contributed by atoms with E-state index in [4.69, 9.17) is 4.74 Å². The number of pyridine rings is 1. The summed E-state index contributed by atoms with van der Waals surface area (Å²) in [6.07, 6.45) is -1.49. The lowest BCUT2D eigenvalue weighted by molar-refractivity contribution is -0.118. The van der Waals surface area contributed by atoms with E-state index in [1.54, 1.807) is 24.3 Å². The van der Waals surface area contributed by atoms with Crippen LogP contribution in [0.2, 0.25) is 0 Å². The van der Waals surface area contributed by atoms with Crippen molar-refractivity contribution in [3.63, 3.8) is 0 Å². The average molecular weight is 405 g/mol. The number of alkyl halides is 2. The molecule has 1 aromatic carbocycles. The number of carboxylic acid groups (broad SMARTS) is 1. The summed E-state index contributed by atoms with van der Waals surface area (Å²) in [6.45, 7) is 2.43. The number of aromatic carboxylic acids is 1. The molecule has 0 unspecified atom stereocenters. The Morgan fingerprint density at radius 2 is 1.97 bits per heavy atom. The van der Waals surface area contributed by atoms with E-state index in [9.17, 15) is 23.5 Å². The lowest BCUT2D eigenvalue weighted by Crippen LogP contribution is -2.41. The molecular formula is C20H21F2N3O4. The summed E-state index contributed by atoms with van der Waals surface area (Å²) in [7, 11) is 0. The number of nitrogens with zero attached hydrogens (tertiary/aromatic N) is 2. The first-order valence-corrected chi connectivity index (χ1v) is 9.13. The van der Waals surface area contributed by atoms with Crippen LogP contribution in [0.5, 0.6) is 0 Å². The fraction of sp³-hybridized carbons (Fsp3) is 0.350. The molecule has 0 bridgehead atoms. The highest BCUT2D eigenvalue weighted by atomic mass is 19.3. The molecule has 9 heteroatoms. The van der Waals surface area contributed by atoms with Gasteiger partial charge in [0.2, 0.25) is 12.3 Å². The third-order valence-corrected chi connectivity index (χ3v) is 4.49. The molecule has 2 N–H and O–H groups in total. The van der Waals surface area contributed by atoms with E-state index in [0.717, 1.165) is 0 Å². The van der Waals surface area contributed by atoms with Crippen molar-refractivity contribution in [1.82, 2.24) is 9.88 Å². The zero-order chi connectivity index (χ0) is 20.8. The molecule has 1 saturated heterocycles. The van der Waals surface area contributed by atoms with Gasteiger partial charge < -0.3 is 15.2 Å². The van der Waals surface area contributed by atoms with E-state index >= 15 is 0 Å². The fourth-order valence-electron chi connectivity index (χ4n) is 3.10. The largest absolute Gasteiger partial charge is 0.476 e. The van der Waals surface area contributed by atoms with Crippen LogP contribution < -0.4 is 5.32 Å². The lowest BCUT2D eigenvalue weighted by Gasteiger charge is -2.25. The number of halogens is 2. The predicted octanol–water partition coefficient (Wildman–Crippen LogP) is 2.53. The Bertz CT molecular complexity index is 886. The number of morpholine rings is 1. The van der Waals surface area contributed by atoms with Gasteiger partial charge in [-0.15, -0.1) is 0 Å². The molecule has 1 aliphatic rings. The van der Waals surface area contributed by atoms with E-state index in [2.05, 4.69) is 10.3 Å². The zero-order valence-corrected chi connectivity index (χ0v) is 15.6. The van der Waals surface area contributed by atoms with Gasteiger partial charge in [-0.1, -0.05) is 24.3 Å². The summed E-state index contributed by atoms with van der Waals surface area (Å²) in [5.41, 5.74) is 1.36. The number of carboxylic acids is 1. The minimum Gasteiger partial charge on any atom is -0.476 e. The van der Waals surface area contributed by atoms with Crippen molar-refractivity contribution in [3.05, 3.63) is 47.8 Å². The van der Waals surface area contributed by atoms with Gasteiger partial charge in [0.05, 0.1) is 25.4 Å². The molecule has 1 aromatic heterocycles. The van der Waals surface area contributed by atoms with Gasteiger partial charge in [-0.05, 0) is 17.2 Å². The summed E-state index contributed by atoms with van der Waals surface area (Å²) < 4.78 is 30.6. The van der Waals surface area contributed by atoms with Crippen LogP contribution in [0.25, 0.3) is 11.1 Å². The number of carbonyl (C=O) groups is 2. The molecule has 0 atom stereocenters. The third kappa shape index (κ3) is 5.78. The number of ether oxygens (including phenoxy) is 1. The quantitative estimate of drug-likeness (QED) is 0.736. The molecule has 1 aliphatic heterocycles. The predicted molar refractivity (Wildman–Crippen MR) is 102 cm³/mol. The maximum atomic E-state index is 12.7. The minimum absolute atomic E-state index is 0.0625. The topological polar surface area (TPSA) is 91.8 Å². The third-order valence-electron chi connectivity index (χ3n) is 4.49. The maximum absolute atomic E-state index is 12.7. The molecule has 2 heterocycles. The first kappa shape index (κ1) is 20.8. The minimum atomic E-state index is -2.47. The second kappa shape index (κ2) is 9.53. The Hall–Kier alpha value is -2.91. The van der Waals surface area contributed by atoms with Crippen molar-refractivity contribution in [2.24, 2.45) is 0 Å². The number of amides is 1. The van der Waals surface area contributed by atoms with Crippen molar-refractivity contribution in [2.45, 2.75) is 12.8 Å². The molecule has 2 aromatic rings. The standard InChI is InChI=1S/C20H21F2N3O4/c21-17(22)9-13-2-1-3-14(8-13)15-10-16(19(20(27)28)23-11-15)24-18(26)12-25-4-6-29-7-5-25/h1-3,8,10-11,17H,4-7,9,12H2,(H,24,26)(H,27,28). The Labute approximate surface area is 166 Å². The van der Waals surface area contributed by atoms with Crippen molar-refractivity contribution < 1.29 is 28.2 Å². The summed E-state index contributed by atoms with van der Waals surface area (Å²) in [5.74, 6) is -1.63. The van der Waals surface area contributed by atoms with Gasteiger partial charge in [0.15, 0.2) is 5.69 Å². The van der Waals surface area contributed by atoms with E-state index in [-0.39, 0.29) is 30.3 Å². The first-order chi connectivity index (χ1) is 13.9. The highest BCUT2D eigenvalue weighted by Gasteiger charge is 2.19. The van der Waals surface area contributed by atoms with Crippen molar-refractivity contribution >= 4 is 17.6 Å². The number of rotatable bonds is 7. The number of carbonyl (C=O) groups excluding carboxylic acids is 1. The number of hydrogen-bond donors (Lipinski definition) is 2. The molecular weight excluding hydrogens is 384 g/mol.